The molecule has 0 aromatic heterocycles. The normalized spacial score (nSPS) is 15.9. The summed E-state index contributed by atoms with van der Waals surface area (Å²) in [5, 5.41) is 0. The van der Waals surface area contributed by atoms with Gasteiger partial charge in [0, 0.05) is 16.5 Å². The van der Waals surface area contributed by atoms with Crippen LogP contribution in [0.2, 0.25) is 0 Å². The molecule has 0 aliphatic heterocycles. The van der Waals surface area contributed by atoms with Crippen LogP contribution in [-0.4, -0.2) is 20.0 Å². The van der Waals surface area contributed by atoms with Gasteiger partial charge in [0.25, 0.3) is 0 Å². The van der Waals surface area contributed by atoms with E-state index < -0.39 is 0 Å². The van der Waals surface area contributed by atoms with Crippen LogP contribution in [0.25, 0.3) is 0 Å². The monoisotopic (exact) mass is 326 g/mol. The van der Waals surface area contributed by atoms with Crippen LogP contribution in [0.4, 0.5) is 0 Å². The van der Waals surface area contributed by atoms with Crippen molar-refractivity contribution in [1.29, 1.82) is 0 Å². The Balaban J connectivity index is 2.31. The molecular formula is C15H19BrO3. The van der Waals surface area contributed by atoms with Crippen LogP contribution in [0.1, 0.15) is 37.7 Å². The molecule has 4 heteroatoms. The first kappa shape index (κ1) is 14.4. The smallest absolute Gasteiger partial charge is 0.165 e. The molecule has 1 aromatic carbocycles. The first-order valence-electron chi connectivity index (χ1n) is 6.60. The molecule has 0 bridgehead atoms. The zero-order valence-corrected chi connectivity index (χ0v) is 12.9. The minimum Gasteiger partial charge on any atom is -0.493 e. The lowest BCUT2D eigenvalue weighted by Gasteiger charge is -2.19. The third-order valence-corrected chi connectivity index (χ3v) is 4.12. The number of carbonyl (C=O) groups is 1. The zero-order valence-electron chi connectivity index (χ0n) is 11.3. The van der Waals surface area contributed by atoms with Crippen molar-refractivity contribution in [3.05, 3.63) is 22.2 Å². The second-order valence-corrected chi connectivity index (χ2v) is 5.90. The Kier molecular flexibility index (Phi) is 4.86. The zero-order chi connectivity index (χ0) is 13.8. The minimum absolute atomic E-state index is 0.108. The summed E-state index contributed by atoms with van der Waals surface area (Å²) in [5.74, 6) is 2.30. The van der Waals surface area contributed by atoms with Crippen molar-refractivity contribution < 1.29 is 14.3 Å². The number of benzene rings is 1. The Morgan fingerprint density at radius 3 is 2.79 bits per heavy atom. The predicted octanol–water partition coefficient (Wildman–Crippen LogP) is 3.94. The Bertz CT molecular complexity index is 455. The summed E-state index contributed by atoms with van der Waals surface area (Å²) in [6, 6.07) is 3.84. The molecule has 2 rings (SSSR count). The molecule has 0 amide bonds. The van der Waals surface area contributed by atoms with Crippen molar-refractivity contribution in [2.75, 3.05) is 13.7 Å². The van der Waals surface area contributed by atoms with Gasteiger partial charge in [-0.3, -0.25) is 0 Å². The average Bonchev–Trinajstić information content (AvgIpc) is 3.20. The van der Waals surface area contributed by atoms with Crippen LogP contribution in [0, 0.1) is 5.92 Å². The van der Waals surface area contributed by atoms with Gasteiger partial charge in [0.2, 0.25) is 0 Å². The van der Waals surface area contributed by atoms with E-state index in [1.54, 1.807) is 7.11 Å². The summed E-state index contributed by atoms with van der Waals surface area (Å²) in [6.45, 7) is 2.76. The van der Waals surface area contributed by atoms with Crippen molar-refractivity contribution in [2.45, 2.75) is 32.1 Å². The third kappa shape index (κ3) is 3.50. The van der Waals surface area contributed by atoms with Gasteiger partial charge >= 0.3 is 0 Å². The quantitative estimate of drug-likeness (QED) is 0.712. The maximum absolute atomic E-state index is 10.8. The van der Waals surface area contributed by atoms with Gasteiger partial charge in [0.1, 0.15) is 6.29 Å². The second kappa shape index (κ2) is 6.42. The number of methoxy groups -OCH3 is 1. The Morgan fingerprint density at radius 2 is 2.21 bits per heavy atom. The standard InChI is InChI=1S/C15H19BrO3/c1-10(7-8-17)14-12(16)5-6-13(18-2)15(14)19-9-11-3-4-11/h5-6,8,10-11H,3-4,7,9H2,1-2H3. The van der Waals surface area contributed by atoms with Crippen LogP contribution in [0.3, 0.4) is 0 Å². The molecule has 1 aliphatic carbocycles. The fraction of sp³-hybridized carbons (Fsp3) is 0.533. The number of halogens is 1. The molecular weight excluding hydrogens is 308 g/mol. The Labute approximate surface area is 122 Å². The highest BCUT2D eigenvalue weighted by atomic mass is 79.9. The lowest BCUT2D eigenvalue weighted by Crippen LogP contribution is -2.07. The number of hydrogen-bond acceptors (Lipinski definition) is 3. The molecule has 0 N–H and O–H groups in total. The van der Waals surface area contributed by atoms with E-state index in [9.17, 15) is 4.79 Å². The number of carbonyl (C=O) groups excluding carboxylic acids is 1. The van der Waals surface area contributed by atoms with Crippen LogP contribution < -0.4 is 9.47 Å². The van der Waals surface area contributed by atoms with Gasteiger partial charge in [0.05, 0.1) is 13.7 Å². The first-order valence-corrected chi connectivity index (χ1v) is 7.39. The van der Waals surface area contributed by atoms with E-state index in [4.69, 9.17) is 9.47 Å². The number of rotatable bonds is 7. The second-order valence-electron chi connectivity index (χ2n) is 5.05. The Morgan fingerprint density at radius 1 is 1.47 bits per heavy atom. The van der Waals surface area contributed by atoms with Gasteiger partial charge in [0.15, 0.2) is 11.5 Å². The topological polar surface area (TPSA) is 35.5 Å². The molecule has 1 unspecified atom stereocenters. The molecule has 3 nitrogen and oxygen atoms in total. The lowest BCUT2D eigenvalue weighted by atomic mass is 9.97. The largest absolute Gasteiger partial charge is 0.493 e. The fourth-order valence-corrected chi connectivity index (χ4v) is 2.78. The van der Waals surface area contributed by atoms with Crippen molar-refractivity contribution in [2.24, 2.45) is 5.92 Å². The molecule has 0 spiro atoms. The summed E-state index contributed by atoms with van der Waals surface area (Å²) in [4.78, 5) is 10.8. The van der Waals surface area contributed by atoms with E-state index in [2.05, 4.69) is 15.9 Å². The van der Waals surface area contributed by atoms with Gasteiger partial charge in [-0.1, -0.05) is 22.9 Å². The molecule has 0 radical (unpaired) electrons. The fourth-order valence-electron chi connectivity index (χ4n) is 2.07. The highest BCUT2D eigenvalue weighted by molar-refractivity contribution is 9.10. The number of aldehydes is 1. The maximum Gasteiger partial charge on any atom is 0.165 e. The molecule has 19 heavy (non-hydrogen) atoms. The van der Waals surface area contributed by atoms with Crippen LogP contribution in [0.15, 0.2) is 16.6 Å². The molecule has 1 aliphatic rings. The summed E-state index contributed by atoms with van der Waals surface area (Å²) < 4.78 is 12.3. The third-order valence-electron chi connectivity index (χ3n) is 3.43. The lowest BCUT2D eigenvalue weighted by molar-refractivity contribution is -0.108. The van der Waals surface area contributed by atoms with E-state index in [1.165, 1.54) is 12.8 Å². The molecule has 1 aromatic rings. The SMILES string of the molecule is COc1ccc(Br)c(C(C)CC=O)c1OCC1CC1. The predicted molar refractivity (Wildman–Crippen MR) is 78.0 cm³/mol. The summed E-state index contributed by atoms with van der Waals surface area (Å²) in [6.07, 6.45) is 3.91. The average molecular weight is 327 g/mol. The Hall–Kier alpha value is -1.03. The van der Waals surface area contributed by atoms with Gasteiger partial charge in [-0.05, 0) is 36.8 Å². The van der Waals surface area contributed by atoms with Crippen LogP contribution in [-0.2, 0) is 4.79 Å². The number of ether oxygens (including phenoxy) is 2. The summed E-state index contributed by atoms with van der Waals surface area (Å²) >= 11 is 3.55. The van der Waals surface area contributed by atoms with E-state index in [0.29, 0.717) is 12.3 Å². The van der Waals surface area contributed by atoms with Gasteiger partial charge in [-0.15, -0.1) is 0 Å². The van der Waals surface area contributed by atoms with E-state index in [1.807, 2.05) is 19.1 Å². The van der Waals surface area contributed by atoms with E-state index >= 15 is 0 Å². The van der Waals surface area contributed by atoms with E-state index in [-0.39, 0.29) is 5.92 Å². The van der Waals surface area contributed by atoms with Crippen molar-refractivity contribution in [3.8, 4) is 11.5 Å². The summed E-state index contributed by atoms with van der Waals surface area (Å²) in [7, 11) is 1.64. The maximum atomic E-state index is 10.8. The molecule has 1 atom stereocenters. The van der Waals surface area contributed by atoms with Crippen LogP contribution >= 0.6 is 15.9 Å². The van der Waals surface area contributed by atoms with E-state index in [0.717, 1.165) is 34.4 Å². The molecule has 104 valence electrons. The van der Waals surface area contributed by atoms with Crippen molar-refractivity contribution in [3.63, 3.8) is 0 Å². The molecule has 0 saturated heterocycles. The summed E-state index contributed by atoms with van der Waals surface area (Å²) in [5.41, 5.74) is 1.02. The van der Waals surface area contributed by atoms with Gasteiger partial charge < -0.3 is 14.3 Å². The van der Waals surface area contributed by atoms with Gasteiger partial charge in [-0.25, -0.2) is 0 Å². The van der Waals surface area contributed by atoms with Crippen molar-refractivity contribution >= 4 is 22.2 Å². The molecule has 0 heterocycles. The van der Waals surface area contributed by atoms with Gasteiger partial charge in [-0.2, -0.15) is 0 Å². The first-order chi connectivity index (χ1) is 9.17. The van der Waals surface area contributed by atoms with Crippen LogP contribution in [0.5, 0.6) is 11.5 Å². The van der Waals surface area contributed by atoms with Crippen molar-refractivity contribution in [1.82, 2.24) is 0 Å². The number of hydrogen-bond donors (Lipinski definition) is 0. The molecule has 1 saturated carbocycles. The highest BCUT2D eigenvalue weighted by Gasteiger charge is 2.25. The molecule has 1 fully saturated rings. The highest BCUT2D eigenvalue weighted by Crippen LogP contribution is 2.42. The minimum atomic E-state index is 0.108.